The third-order valence-electron chi connectivity index (χ3n) is 2.76. The quantitative estimate of drug-likeness (QED) is 0.801. The smallest absolute Gasteiger partial charge is 0.0901 e. The molecule has 0 aromatic carbocycles. The zero-order chi connectivity index (χ0) is 13.0. The van der Waals surface area contributed by atoms with Gasteiger partial charge in [-0.3, -0.25) is 4.68 Å². The van der Waals surface area contributed by atoms with Gasteiger partial charge in [-0.15, -0.1) is 11.3 Å². The van der Waals surface area contributed by atoms with E-state index in [1.807, 2.05) is 10.7 Å². The number of halogens is 1. The van der Waals surface area contributed by atoms with Gasteiger partial charge in [0.15, 0.2) is 0 Å². The van der Waals surface area contributed by atoms with Gasteiger partial charge in [0.25, 0.3) is 0 Å². The monoisotopic (exact) mass is 328 g/mol. The third kappa shape index (κ3) is 3.02. The highest BCUT2D eigenvalue weighted by Crippen LogP contribution is 2.23. The first-order chi connectivity index (χ1) is 8.76. The maximum absolute atomic E-state index is 5.76. The summed E-state index contributed by atoms with van der Waals surface area (Å²) in [5.41, 5.74) is 2.23. The first-order valence-corrected chi connectivity index (χ1v) is 7.77. The summed E-state index contributed by atoms with van der Waals surface area (Å²) in [5.74, 6) is 0. The van der Waals surface area contributed by atoms with E-state index in [0.29, 0.717) is 13.2 Å². The Morgan fingerprint density at radius 2 is 2.22 bits per heavy atom. The zero-order valence-electron chi connectivity index (χ0n) is 10.6. The van der Waals surface area contributed by atoms with E-state index in [2.05, 4.69) is 46.3 Å². The summed E-state index contributed by atoms with van der Waals surface area (Å²) in [4.78, 5) is 1.25. The van der Waals surface area contributed by atoms with Crippen molar-refractivity contribution in [2.45, 2.75) is 40.0 Å². The van der Waals surface area contributed by atoms with E-state index in [9.17, 15) is 0 Å². The average molecular weight is 329 g/mol. The van der Waals surface area contributed by atoms with Gasteiger partial charge in [-0.2, -0.15) is 5.10 Å². The Hall–Kier alpha value is -0.650. The molecule has 0 aliphatic carbocycles. The maximum Gasteiger partial charge on any atom is 0.0901 e. The van der Waals surface area contributed by atoms with Gasteiger partial charge in [0, 0.05) is 11.4 Å². The molecule has 3 nitrogen and oxygen atoms in total. The molecule has 0 saturated heterocycles. The van der Waals surface area contributed by atoms with Crippen molar-refractivity contribution in [2.24, 2.45) is 0 Å². The van der Waals surface area contributed by atoms with E-state index in [1.54, 1.807) is 11.3 Å². The molecule has 98 valence electrons. The van der Waals surface area contributed by atoms with Crippen LogP contribution < -0.4 is 0 Å². The van der Waals surface area contributed by atoms with Crippen molar-refractivity contribution < 1.29 is 4.74 Å². The second-order valence-electron chi connectivity index (χ2n) is 3.95. The Morgan fingerprint density at radius 3 is 2.83 bits per heavy atom. The second kappa shape index (κ2) is 6.50. The lowest BCUT2D eigenvalue weighted by atomic mass is 10.3. The molecule has 0 atom stereocenters. The Balaban J connectivity index is 2.01. The largest absolute Gasteiger partial charge is 0.370 e. The van der Waals surface area contributed by atoms with Crippen molar-refractivity contribution >= 4 is 27.3 Å². The SMILES string of the molecule is CCc1nn(CC)c(COCc2cccs2)c1Br. The summed E-state index contributed by atoms with van der Waals surface area (Å²) in [6, 6.07) is 4.14. The maximum atomic E-state index is 5.76. The van der Waals surface area contributed by atoms with Crippen LogP contribution in [0.25, 0.3) is 0 Å². The molecule has 0 bridgehead atoms. The molecule has 0 saturated carbocycles. The fourth-order valence-electron chi connectivity index (χ4n) is 1.80. The van der Waals surface area contributed by atoms with Crippen molar-refractivity contribution in [3.63, 3.8) is 0 Å². The van der Waals surface area contributed by atoms with Crippen molar-refractivity contribution in [2.75, 3.05) is 0 Å². The molecule has 0 aliphatic rings. The molecular weight excluding hydrogens is 312 g/mol. The molecule has 0 amide bonds. The van der Waals surface area contributed by atoms with Crippen LogP contribution in [-0.2, 0) is 30.9 Å². The van der Waals surface area contributed by atoms with E-state index >= 15 is 0 Å². The van der Waals surface area contributed by atoms with Crippen LogP contribution in [0.15, 0.2) is 22.0 Å². The van der Waals surface area contributed by atoms with E-state index in [-0.39, 0.29) is 0 Å². The standard InChI is InChI=1S/C13H17BrN2OS/c1-3-11-13(14)12(16(4-2)15-11)9-17-8-10-6-5-7-18-10/h5-7H,3-4,8-9H2,1-2H3. The molecule has 2 aromatic heterocycles. The fraction of sp³-hybridized carbons (Fsp3) is 0.462. The van der Waals surface area contributed by atoms with Gasteiger partial charge in [-0.05, 0) is 40.7 Å². The summed E-state index contributed by atoms with van der Waals surface area (Å²) in [5, 5.41) is 6.62. The van der Waals surface area contributed by atoms with Gasteiger partial charge in [0.05, 0.1) is 29.1 Å². The summed E-state index contributed by atoms with van der Waals surface area (Å²) < 4.78 is 8.87. The average Bonchev–Trinajstić information content (AvgIpc) is 2.99. The molecule has 18 heavy (non-hydrogen) atoms. The molecule has 5 heteroatoms. The Morgan fingerprint density at radius 1 is 1.39 bits per heavy atom. The van der Waals surface area contributed by atoms with E-state index < -0.39 is 0 Å². The molecule has 2 heterocycles. The van der Waals surface area contributed by atoms with Crippen LogP contribution in [0.3, 0.4) is 0 Å². The van der Waals surface area contributed by atoms with Gasteiger partial charge in [-0.1, -0.05) is 13.0 Å². The van der Waals surface area contributed by atoms with Crippen molar-refractivity contribution in [1.82, 2.24) is 9.78 Å². The van der Waals surface area contributed by atoms with Gasteiger partial charge in [0.1, 0.15) is 0 Å². The number of aromatic nitrogens is 2. The number of hydrogen-bond acceptors (Lipinski definition) is 3. The summed E-state index contributed by atoms with van der Waals surface area (Å²) in [6.07, 6.45) is 0.936. The highest BCUT2D eigenvalue weighted by molar-refractivity contribution is 9.10. The van der Waals surface area contributed by atoms with Crippen LogP contribution in [0.5, 0.6) is 0 Å². The lowest BCUT2D eigenvalue weighted by Crippen LogP contribution is -2.05. The second-order valence-corrected chi connectivity index (χ2v) is 5.77. The number of rotatable bonds is 6. The molecule has 0 radical (unpaired) electrons. The number of ether oxygens (including phenoxy) is 1. The number of aryl methyl sites for hydroxylation is 2. The van der Waals surface area contributed by atoms with Crippen LogP contribution in [0.1, 0.15) is 30.1 Å². The minimum atomic E-state index is 0.597. The van der Waals surface area contributed by atoms with Crippen LogP contribution in [0.2, 0.25) is 0 Å². The Bertz CT molecular complexity index is 493. The lowest BCUT2D eigenvalue weighted by molar-refractivity contribution is 0.103. The molecule has 0 aliphatic heterocycles. The van der Waals surface area contributed by atoms with Crippen molar-refractivity contribution in [3.8, 4) is 0 Å². The molecule has 0 spiro atoms. The third-order valence-corrected chi connectivity index (χ3v) is 4.52. The van der Waals surface area contributed by atoms with E-state index in [1.165, 1.54) is 4.88 Å². The van der Waals surface area contributed by atoms with E-state index in [0.717, 1.165) is 28.8 Å². The summed E-state index contributed by atoms with van der Waals surface area (Å²) in [7, 11) is 0. The molecule has 0 fully saturated rings. The normalized spacial score (nSPS) is 11.1. The molecule has 2 rings (SSSR count). The van der Waals surface area contributed by atoms with Gasteiger partial charge in [0.2, 0.25) is 0 Å². The van der Waals surface area contributed by atoms with Gasteiger partial charge in [-0.25, -0.2) is 0 Å². The van der Waals surface area contributed by atoms with Gasteiger partial charge >= 0.3 is 0 Å². The lowest BCUT2D eigenvalue weighted by Gasteiger charge is -2.06. The van der Waals surface area contributed by atoms with Crippen LogP contribution in [-0.4, -0.2) is 9.78 Å². The van der Waals surface area contributed by atoms with Crippen LogP contribution in [0, 0.1) is 0 Å². The Labute approximate surface area is 120 Å². The highest BCUT2D eigenvalue weighted by atomic mass is 79.9. The molecule has 0 unspecified atom stereocenters. The highest BCUT2D eigenvalue weighted by Gasteiger charge is 2.13. The summed E-state index contributed by atoms with van der Waals surface area (Å²) in [6.45, 7) is 6.35. The topological polar surface area (TPSA) is 27.1 Å². The molecule has 2 aromatic rings. The van der Waals surface area contributed by atoms with Crippen molar-refractivity contribution in [3.05, 3.63) is 38.3 Å². The fourth-order valence-corrected chi connectivity index (χ4v) is 3.12. The minimum absolute atomic E-state index is 0.597. The molecule has 0 N–H and O–H groups in total. The van der Waals surface area contributed by atoms with Crippen molar-refractivity contribution in [1.29, 1.82) is 0 Å². The molecular formula is C13H17BrN2OS. The van der Waals surface area contributed by atoms with Crippen LogP contribution >= 0.6 is 27.3 Å². The predicted octanol–water partition coefficient (Wildman–Crippen LogP) is 4.01. The Kier molecular flexibility index (Phi) is 4.97. The van der Waals surface area contributed by atoms with Crippen LogP contribution in [0.4, 0.5) is 0 Å². The minimum Gasteiger partial charge on any atom is -0.370 e. The predicted molar refractivity (Wildman–Crippen MR) is 77.8 cm³/mol. The number of hydrogen-bond donors (Lipinski definition) is 0. The van der Waals surface area contributed by atoms with E-state index in [4.69, 9.17) is 4.74 Å². The first-order valence-electron chi connectivity index (χ1n) is 6.10. The first kappa shape index (κ1) is 13.8. The number of nitrogens with zero attached hydrogens (tertiary/aromatic N) is 2. The van der Waals surface area contributed by atoms with Gasteiger partial charge < -0.3 is 4.74 Å². The summed E-state index contributed by atoms with van der Waals surface area (Å²) >= 11 is 5.34. The zero-order valence-corrected chi connectivity index (χ0v) is 13.1. The number of thiophene rings is 1.